The molecule has 126 valence electrons. The predicted molar refractivity (Wildman–Crippen MR) is 100 cm³/mol. The molecule has 0 aromatic heterocycles. The highest BCUT2D eigenvalue weighted by Crippen LogP contribution is 2.19. The van der Waals surface area contributed by atoms with E-state index in [1.54, 1.807) is 12.2 Å². The van der Waals surface area contributed by atoms with Crippen LogP contribution in [0, 0.1) is 13.8 Å². The van der Waals surface area contributed by atoms with E-state index in [0.717, 1.165) is 47.6 Å². The van der Waals surface area contributed by atoms with E-state index < -0.39 is 0 Å². The third kappa shape index (κ3) is 5.27. The number of unbranched alkanes of at least 4 members (excludes halogenated alkanes) is 1. The van der Waals surface area contributed by atoms with E-state index in [9.17, 15) is 4.79 Å². The molecule has 2 aromatic rings. The van der Waals surface area contributed by atoms with Crippen molar-refractivity contribution >= 4 is 17.7 Å². The normalized spacial score (nSPS) is 10.8. The van der Waals surface area contributed by atoms with Gasteiger partial charge in [-0.1, -0.05) is 43.7 Å². The maximum absolute atomic E-state index is 12.1. The van der Waals surface area contributed by atoms with Crippen molar-refractivity contribution in [2.24, 2.45) is 0 Å². The molecule has 0 unspecified atom stereocenters. The Hall–Kier alpha value is -2.55. The molecule has 0 atom stereocenters. The van der Waals surface area contributed by atoms with Crippen molar-refractivity contribution in [2.45, 2.75) is 33.6 Å². The number of anilines is 1. The van der Waals surface area contributed by atoms with E-state index in [-0.39, 0.29) is 5.91 Å². The van der Waals surface area contributed by atoms with Crippen LogP contribution < -0.4 is 10.1 Å². The molecule has 2 aromatic carbocycles. The summed E-state index contributed by atoms with van der Waals surface area (Å²) in [6.07, 6.45) is 5.54. The summed E-state index contributed by atoms with van der Waals surface area (Å²) < 4.78 is 5.63. The molecule has 3 heteroatoms. The molecule has 0 radical (unpaired) electrons. The minimum atomic E-state index is -0.129. The van der Waals surface area contributed by atoms with Crippen LogP contribution in [-0.2, 0) is 4.79 Å². The molecule has 0 spiro atoms. The Morgan fingerprint density at radius 1 is 1.08 bits per heavy atom. The molecule has 0 aliphatic carbocycles. The van der Waals surface area contributed by atoms with Gasteiger partial charge in [0.05, 0.1) is 6.61 Å². The van der Waals surface area contributed by atoms with Crippen molar-refractivity contribution < 1.29 is 9.53 Å². The Morgan fingerprint density at radius 3 is 2.38 bits per heavy atom. The first kappa shape index (κ1) is 17.8. The number of hydrogen-bond donors (Lipinski definition) is 1. The van der Waals surface area contributed by atoms with Crippen molar-refractivity contribution in [3.63, 3.8) is 0 Å². The second-order valence-electron chi connectivity index (χ2n) is 5.86. The fourth-order valence-corrected chi connectivity index (χ4v) is 2.36. The van der Waals surface area contributed by atoms with Crippen molar-refractivity contribution in [3.8, 4) is 5.75 Å². The number of hydrogen-bond acceptors (Lipinski definition) is 2. The number of para-hydroxylation sites is 1. The van der Waals surface area contributed by atoms with Crippen LogP contribution in [0.1, 0.15) is 36.5 Å². The van der Waals surface area contributed by atoms with Gasteiger partial charge in [-0.25, -0.2) is 0 Å². The highest BCUT2D eigenvalue weighted by atomic mass is 16.5. The Bertz CT molecular complexity index is 682. The SMILES string of the molecule is CCCCOc1ccc(C=CC(=O)Nc2c(C)cccc2C)cc1. The first-order valence-corrected chi connectivity index (χ1v) is 8.38. The average molecular weight is 323 g/mol. The Labute approximate surface area is 144 Å². The van der Waals surface area contributed by atoms with Crippen LogP contribution in [-0.4, -0.2) is 12.5 Å². The van der Waals surface area contributed by atoms with Gasteiger partial charge in [-0.3, -0.25) is 4.79 Å². The number of nitrogens with one attached hydrogen (secondary N) is 1. The number of amides is 1. The Kier molecular flexibility index (Phi) is 6.62. The summed E-state index contributed by atoms with van der Waals surface area (Å²) in [5.41, 5.74) is 3.97. The summed E-state index contributed by atoms with van der Waals surface area (Å²) in [5.74, 6) is 0.733. The Morgan fingerprint density at radius 2 is 1.75 bits per heavy atom. The van der Waals surface area contributed by atoms with Gasteiger partial charge in [0.25, 0.3) is 0 Å². The van der Waals surface area contributed by atoms with E-state index in [2.05, 4.69) is 12.2 Å². The van der Waals surface area contributed by atoms with E-state index in [1.807, 2.05) is 56.3 Å². The lowest BCUT2D eigenvalue weighted by molar-refractivity contribution is -0.111. The van der Waals surface area contributed by atoms with Crippen LogP contribution in [0.3, 0.4) is 0 Å². The Balaban J connectivity index is 1.94. The molecule has 3 nitrogen and oxygen atoms in total. The number of benzene rings is 2. The van der Waals surface area contributed by atoms with Gasteiger partial charge in [0.2, 0.25) is 5.91 Å². The molecule has 0 saturated heterocycles. The molecule has 0 saturated carbocycles. The maximum Gasteiger partial charge on any atom is 0.248 e. The van der Waals surface area contributed by atoms with Gasteiger partial charge in [0.1, 0.15) is 5.75 Å². The molecular weight excluding hydrogens is 298 g/mol. The highest BCUT2D eigenvalue weighted by molar-refractivity contribution is 6.02. The highest BCUT2D eigenvalue weighted by Gasteiger charge is 2.04. The molecule has 0 heterocycles. The van der Waals surface area contributed by atoms with Crippen LogP contribution in [0.15, 0.2) is 48.5 Å². The maximum atomic E-state index is 12.1. The summed E-state index contributed by atoms with van der Waals surface area (Å²) in [6.45, 7) is 6.86. The fourth-order valence-electron chi connectivity index (χ4n) is 2.36. The summed E-state index contributed by atoms with van der Waals surface area (Å²) in [6, 6.07) is 13.7. The van der Waals surface area contributed by atoms with E-state index in [1.165, 1.54) is 0 Å². The lowest BCUT2D eigenvalue weighted by Gasteiger charge is -2.09. The van der Waals surface area contributed by atoms with Crippen molar-refractivity contribution in [1.29, 1.82) is 0 Å². The molecule has 24 heavy (non-hydrogen) atoms. The second kappa shape index (κ2) is 8.92. The lowest BCUT2D eigenvalue weighted by atomic mass is 10.1. The quantitative estimate of drug-likeness (QED) is 0.566. The van der Waals surface area contributed by atoms with Crippen LogP contribution in [0.5, 0.6) is 5.75 Å². The minimum Gasteiger partial charge on any atom is -0.494 e. The first-order valence-electron chi connectivity index (χ1n) is 8.38. The van der Waals surface area contributed by atoms with Gasteiger partial charge < -0.3 is 10.1 Å². The summed E-state index contributed by atoms with van der Waals surface area (Å²) in [5, 5.41) is 2.94. The van der Waals surface area contributed by atoms with Crippen molar-refractivity contribution in [3.05, 3.63) is 65.2 Å². The largest absolute Gasteiger partial charge is 0.494 e. The summed E-state index contributed by atoms with van der Waals surface area (Å²) >= 11 is 0. The first-order chi connectivity index (χ1) is 11.6. The van der Waals surface area contributed by atoms with Gasteiger partial charge in [-0.15, -0.1) is 0 Å². The topological polar surface area (TPSA) is 38.3 Å². The third-order valence-electron chi connectivity index (χ3n) is 3.80. The van der Waals surface area contributed by atoms with Crippen molar-refractivity contribution in [1.82, 2.24) is 0 Å². The number of ether oxygens (including phenoxy) is 1. The summed E-state index contributed by atoms with van der Waals surface area (Å²) in [7, 11) is 0. The number of carbonyl (C=O) groups is 1. The molecule has 0 bridgehead atoms. The molecule has 0 aliphatic rings. The van der Waals surface area contributed by atoms with E-state index in [0.29, 0.717) is 0 Å². The van der Waals surface area contributed by atoms with Crippen LogP contribution in [0.4, 0.5) is 5.69 Å². The van der Waals surface area contributed by atoms with Gasteiger partial charge in [0.15, 0.2) is 0 Å². The molecule has 0 fully saturated rings. The molecule has 1 N–H and O–H groups in total. The van der Waals surface area contributed by atoms with Crippen molar-refractivity contribution in [2.75, 3.05) is 11.9 Å². The van der Waals surface area contributed by atoms with Crippen LogP contribution in [0.2, 0.25) is 0 Å². The van der Waals surface area contributed by atoms with E-state index in [4.69, 9.17) is 4.74 Å². The van der Waals surface area contributed by atoms with Gasteiger partial charge >= 0.3 is 0 Å². The standard InChI is InChI=1S/C21H25NO2/c1-4-5-15-24-19-12-9-18(10-13-19)11-14-20(23)22-21-16(2)7-6-8-17(21)3/h6-14H,4-5,15H2,1-3H3,(H,22,23). The monoisotopic (exact) mass is 323 g/mol. The minimum absolute atomic E-state index is 0.129. The molecular formula is C21H25NO2. The van der Waals surface area contributed by atoms with Crippen LogP contribution >= 0.6 is 0 Å². The molecule has 2 rings (SSSR count). The van der Waals surface area contributed by atoms with E-state index >= 15 is 0 Å². The second-order valence-corrected chi connectivity index (χ2v) is 5.86. The number of rotatable bonds is 7. The fraction of sp³-hybridized carbons (Fsp3) is 0.286. The zero-order chi connectivity index (χ0) is 17.4. The summed E-state index contributed by atoms with van der Waals surface area (Å²) in [4.78, 5) is 12.1. The predicted octanol–water partition coefficient (Wildman–Crippen LogP) is 5.13. The lowest BCUT2D eigenvalue weighted by Crippen LogP contribution is -2.10. The zero-order valence-electron chi connectivity index (χ0n) is 14.6. The smallest absolute Gasteiger partial charge is 0.248 e. The van der Waals surface area contributed by atoms with Gasteiger partial charge in [0, 0.05) is 11.8 Å². The van der Waals surface area contributed by atoms with Gasteiger partial charge in [-0.2, -0.15) is 0 Å². The molecule has 0 aliphatic heterocycles. The van der Waals surface area contributed by atoms with Crippen LogP contribution in [0.25, 0.3) is 6.08 Å². The molecule has 1 amide bonds. The average Bonchev–Trinajstić information content (AvgIpc) is 2.58. The number of carbonyl (C=O) groups excluding carboxylic acids is 1. The third-order valence-corrected chi connectivity index (χ3v) is 3.80. The van der Waals surface area contributed by atoms with Gasteiger partial charge in [-0.05, 0) is 55.2 Å². The number of aryl methyl sites for hydroxylation is 2. The zero-order valence-corrected chi connectivity index (χ0v) is 14.6.